The Morgan fingerprint density at radius 3 is 2.44 bits per heavy atom. The second-order valence-electron chi connectivity index (χ2n) is 3.42. The number of hydrogen-bond donors (Lipinski definition) is 1. The Kier molecular flexibility index (Phi) is 4.50. The number of halogens is 4. The van der Waals surface area contributed by atoms with Crippen molar-refractivity contribution in [2.75, 3.05) is 5.32 Å². The van der Waals surface area contributed by atoms with Crippen LogP contribution < -0.4 is 5.32 Å². The summed E-state index contributed by atoms with van der Waals surface area (Å²) in [5.41, 5.74) is -0.985. The van der Waals surface area contributed by atoms with Crippen molar-refractivity contribution < 1.29 is 22.8 Å². The number of hydrogen-bond acceptors (Lipinski definition) is 2. The first kappa shape index (κ1) is 14.7. The number of rotatable bonds is 3. The van der Waals surface area contributed by atoms with E-state index in [9.17, 15) is 22.8 Å². The predicted molar refractivity (Wildman–Crippen MR) is 63.1 cm³/mol. The maximum absolute atomic E-state index is 12.6. The first-order valence-electron chi connectivity index (χ1n) is 4.96. The van der Waals surface area contributed by atoms with Crippen molar-refractivity contribution >= 4 is 33.3 Å². The van der Waals surface area contributed by atoms with E-state index < -0.39 is 23.4 Å². The van der Waals surface area contributed by atoms with Gasteiger partial charge >= 0.3 is 6.18 Å². The highest BCUT2D eigenvalue weighted by molar-refractivity contribution is 9.10. The Labute approximate surface area is 109 Å². The van der Waals surface area contributed by atoms with Crippen molar-refractivity contribution in [2.24, 2.45) is 0 Å². The van der Waals surface area contributed by atoms with Gasteiger partial charge in [-0.25, -0.2) is 0 Å². The predicted octanol–water partition coefficient (Wildman–Crippen LogP) is 3.39. The number of anilines is 1. The average Bonchev–Trinajstić information content (AvgIpc) is 2.29. The molecule has 0 atom stereocenters. The highest BCUT2D eigenvalue weighted by Gasteiger charge is 2.33. The van der Waals surface area contributed by atoms with E-state index in [-0.39, 0.29) is 16.6 Å². The summed E-state index contributed by atoms with van der Waals surface area (Å²) in [6.45, 7) is 1.49. The Balaban J connectivity index is 3.00. The molecule has 7 heteroatoms. The molecule has 0 aliphatic heterocycles. The van der Waals surface area contributed by atoms with Crippen LogP contribution in [0.15, 0.2) is 22.7 Å². The second-order valence-corrected chi connectivity index (χ2v) is 4.28. The van der Waals surface area contributed by atoms with E-state index in [4.69, 9.17) is 0 Å². The molecule has 0 aliphatic rings. The van der Waals surface area contributed by atoms with Gasteiger partial charge in [-0.2, -0.15) is 13.2 Å². The minimum Gasteiger partial charge on any atom is -0.319 e. The maximum atomic E-state index is 12.6. The third-order valence-corrected chi connectivity index (χ3v) is 2.80. The summed E-state index contributed by atoms with van der Waals surface area (Å²) in [6.07, 6.45) is -4.54. The van der Waals surface area contributed by atoms with Gasteiger partial charge in [-0.3, -0.25) is 9.59 Å². The zero-order chi connectivity index (χ0) is 13.9. The molecule has 1 amide bonds. The molecule has 0 heterocycles. The van der Waals surface area contributed by atoms with Crippen molar-refractivity contribution in [1.82, 2.24) is 0 Å². The third-order valence-electron chi connectivity index (χ3n) is 2.10. The molecular weight excluding hydrogens is 315 g/mol. The summed E-state index contributed by atoms with van der Waals surface area (Å²) in [4.78, 5) is 22.3. The SMILES string of the molecule is CCC(=O)C(=O)Nc1ccc(Br)c(C(F)(F)F)c1. The quantitative estimate of drug-likeness (QED) is 0.867. The van der Waals surface area contributed by atoms with Crippen LogP contribution in [0.1, 0.15) is 18.9 Å². The molecule has 0 spiro atoms. The van der Waals surface area contributed by atoms with E-state index in [2.05, 4.69) is 21.2 Å². The monoisotopic (exact) mass is 323 g/mol. The van der Waals surface area contributed by atoms with Crippen molar-refractivity contribution in [3.8, 4) is 0 Å². The second kappa shape index (κ2) is 5.51. The van der Waals surface area contributed by atoms with Crippen LogP contribution in [-0.4, -0.2) is 11.7 Å². The summed E-state index contributed by atoms with van der Waals surface area (Å²) in [5.74, 6) is -1.61. The lowest BCUT2D eigenvalue weighted by atomic mass is 10.2. The van der Waals surface area contributed by atoms with E-state index >= 15 is 0 Å². The van der Waals surface area contributed by atoms with Gasteiger partial charge in [0.1, 0.15) is 0 Å². The molecule has 1 aromatic carbocycles. The molecule has 1 N–H and O–H groups in total. The fourth-order valence-corrected chi connectivity index (χ4v) is 1.65. The number of ketones is 1. The van der Waals surface area contributed by atoms with Crippen molar-refractivity contribution in [3.63, 3.8) is 0 Å². The lowest BCUT2D eigenvalue weighted by Crippen LogP contribution is -2.22. The summed E-state index contributed by atoms with van der Waals surface area (Å²) < 4.78 is 37.6. The van der Waals surface area contributed by atoms with Crippen LogP contribution in [0.25, 0.3) is 0 Å². The Hall–Kier alpha value is -1.37. The van der Waals surface area contributed by atoms with Gasteiger partial charge in [-0.05, 0) is 18.2 Å². The van der Waals surface area contributed by atoms with Gasteiger partial charge in [0, 0.05) is 16.6 Å². The van der Waals surface area contributed by atoms with Crippen LogP contribution in [0, 0.1) is 0 Å². The van der Waals surface area contributed by atoms with Crippen molar-refractivity contribution in [1.29, 1.82) is 0 Å². The van der Waals surface area contributed by atoms with E-state index in [1.807, 2.05) is 0 Å². The van der Waals surface area contributed by atoms with E-state index in [1.165, 1.54) is 13.0 Å². The average molecular weight is 324 g/mol. The van der Waals surface area contributed by atoms with Gasteiger partial charge in [-0.15, -0.1) is 0 Å². The van der Waals surface area contributed by atoms with Gasteiger partial charge in [0.2, 0.25) is 5.78 Å². The molecule has 3 nitrogen and oxygen atoms in total. The summed E-state index contributed by atoms with van der Waals surface area (Å²) in [7, 11) is 0. The lowest BCUT2D eigenvalue weighted by molar-refractivity contribution is -0.138. The standard InChI is InChI=1S/C11H9BrF3NO2/c1-2-9(17)10(18)16-6-3-4-8(12)7(5-6)11(13,14)15/h3-5H,2H2,1H3,(H,16,18). The Bertz CT molecular complexity index is 486. The normalized spacial score (nSPS) is 11.2. The molecule has 1 aromatic rings. The number of alkyl halides is 3. The van der Waals surface area contributed by atoms with Gasteiger partial charge < -0.3 is 5.32 Å². The number of Topliss-reactive ketones (excluding diaryl/α,β-unsaturated/α-hetero) is 1. The first-order valence-corrected chi connectivity index (χ1v) is 5.76. The van der Waals surface area contributed by atoms with Gasteiger partial charge in [0.05, 0.1) is 5.56 Å². The lowest BCUT2D eigenvalue weighted by Gasteiger charge is -2.11. The highest BCUT2D eigenvalue weighted by atomic mass is 79.9. The molecule has 0 aromatic heterocycles. The van der Waals surface area contributed by atoms with Crippen LogP contribution >= 0.6 is 15.9 Å². The van der Waals surface area contributed by atoms with Gasteiger partial charge in [0.15, 0.2) is 0 Å². The molecule has 0 bridgehead atoms. The fraction of sp³-hybridized carbons (Fsp3) is 0.273. The summed E-state index contributed by atoms with van der Waals surface area (Å²) in [6, 6.07) is 3.21. The van der Waals surface area contributed by atoms with Gasteiger partial charge in [-0.1, -0.05) is 22.9 Å². The number of amides is 1. The molecule has 0 saturated heterocycles. The number of carbonyl (C=O) groups is 2. The van der Waals surface area contributed by atoms with Crippen LogP contribution in [0.5, 0.6) is 0 Å². The molecule has 0 fully saturated rings. The Morgan fingerprint density at radius 2 is 1.94 bits per heavy atom. The van der Waals surface area contributed by atoms with Crippen LogP contribution in [0.4, 0.5) is 18.9 Å². The molecule has 1 rings (SSSR count). The highest BCUT2D eigenvalue weighted by Crippen LogP contribution is 2.36. The van der Waals surface area contributed by atoms with E-state index in [1.54, 1.807) is 0 Å². The Morgan fingerprint density at radius 1 is 1.33 bits per heavy atom. The summed E-state index contributed by atoms with van der Waals surface area (Å²) in [5, 5.41) is 2.12. The number of nitrogens with one attached hydrogen (secondary N) is 1. The first-order chi connectivity index (χ1) is 8.25. The molecule has 98 valence electrons. The minimum absolute atomic E-state index is 0.00547. The summed E-state index contributed by atoms with van der Waals surface area (Å²) >= 11 is 2.78. The molecule has 0 radical (unpaired) electrons. The maximum Gasteiger partial charge on any atom is 0.417 e. The molecular formula is C11H9BrF3NO2. The number of benzene rings is 1. The smallest absolute Gasteiger partial charge is 0.319 e. The molecule has 18 heavy (non-hydrogen) atoms. The number of carbonyl (C=O) groups excluding carboxylic acids is 2. The van der Waals surface area contributed by atoms with Crippen LogP contribution in [0.2, 0.25) is 0 Å². The van der Waals surface area contributed by atoms with Gasteiger partial charge in [0.25, 0.3) is 5.91 Å². The zero-order valence-corrected chi connectivity index (χ0v) is 10.9. The molecule has 0 aliphatic carbocycles. The third kappa shape index (κ3) is 3.56. The van der Waals surface area contributed by atoms with E-state index in [0.717, 1.165) is 12.1 Å². The largest absolute Gasteiger partial charge is 0.417 e. The molecule has 0 unspecified atom stereocenters. The van der Waals surface area contributed by atoms with Crippen LogP contribution in [0.3, 0.4) is 0 Å². The van der Waals surface area contributed by atoms with E-state index in [0.29, 0.717) is 0 Å². The molecule has 0 saturated carbocycles. The van der Waals surface area contributed by atoms with Crippen molar-refractivity contribution in [3.05, 3.63) is 28.2 Å². The van der Waals surface area contributed by atoms with Crippen LogP contribution in [-0.2, 0) is 15.8 Å². The fourth-order valence-electron chi connectivity index (χ4n) is 1.18. The topological polar surface area (TPSA) is 46.2 Å². The van der Waals surface area contributed by atoms with Crippen molar-refractivity contribution in [2.45, 2.75) is 19.5 Å². The zero-order valence-electron chi connectivity index (χ0n) is 9.27. The minimum atomic E-state index is -4.53.